The van der Waals surface area contributed by atoms with E-state index in [2.05, 4.69) is 17.2 Å². The second-order valence-electron chi connectivity index (χ2n) is 5.50. The van der Waals surface area contributed by atoms with Gasteiger partial charge >= 0.3 is 0 Å². The minimum Gasteiger partial charge on any atom is -0.320 e. The summed E-state index contributed by atoms with van der Waals surface area (Å²) in [5.74, 6) is 0.725. The molecular weight excluding hydrogens is 246 g/mol. The van der Waals surface area contributed by atoms with Gasteiger partial charge in [0, 0.05) is 4.88 Å². The Morgan fingerprint density at radius 2 is 2.28 bits per heavy atom. The van der Waals surface area contributed by atoms with Crippen LogP contribution in [0.5, 0.6) is 0 Å². The molecule has 0 saturated carbocycles. The van der Waals surface area contributed by atoms with Crippen LogP contribution in [0.15, 0.2) is 0 Å². The van der Waals surface area contributed by atoms with Gasteiger partial charge in [0.15, 0.2) is 5.13 Å². The first-order valence-corrected chi connectivity index (χ1v) is 7.34. The average molecular weight is 267 g/mol. The molecule has 1 aromatic heterocycles. The van der Waals surface area contributed by atoms with E-state index in [9.17, 15) is 4.79 Å². The van der Waals surface area contributed by atoms with E-state index in [1.54, 1.807) is 11.3 Å². The second-order valence-corrected chi connectivity index (χ2v) is 6.58. The number of carbonyl (C=O) groups excluding carboxylic acids is 1. The standard InChI is InChI=1S/C13H21N3OS/c1-7(2)11(14)12(17)16-13-15-9-5-4-8(3)6-10(9)18-13/h7-8,11H,4-6,14H2,1-3H3,(H,15,16,17). The number of carbonyl (C=O) groups is 1. The number of nitrogens with one attached hydrogen (secondary N) is 1. The van der Waals surface area contributed by atoms with Gasteiger partial charge in [0.1, 0.15) is 0 Å². The highest BCUT2D eigenvalue weighted by atomic mass is 32.1. The first-order valence-electron chi connectivity index (χ1n) is 6.52. The first kappa shape index (κ1) is 13.5. The molecule has 4 nitrogen and oxygen atoms in total. The summed E-state index contributed by atoms with van der Waals surface area (Å²) < 4.78 is 0. The third kappa shape index (κ3) is 2.90. The number of rotatable bonds is 3. The van der Waals surface area contributed by atoms with E-state index in [4.69, 9.17) is 5.73 Å². The highest BCUT2D eigenvalue weighted by Gasteiger charge is 2.22. The van der Waals surface area contributed by atoms with Gasteiger partial charge in [0.2, 0.25) is 5.91 Å². The highest BCUT2D eigenvalue weighted by Crippen LogP contribution is 2.32. The molecule has 0 saturated heterocycles. The number of anilines is 1. The lowest BCUT2D eigenvalue weighted by Gasteiger charge is -2.15. The molecule has 5 heteroatoms. The van der Waals surface area contributed by atoms with E-state index in [0.29, 0.717) is 5.13 Å². The van der Waals surface area contributed by atoms with Gasteiger partial charge in [-0.05, 0) is 31.1 Å². The van der Waals surface area contributed by atoms with Crippen molar-refractivity contribution in [3.05, 3.63) is 10.6 Å². The Hall–Kier alpha value is -0.940. The summed E-state index contributed by atoms with van der Waals surface area (Å²) in [5.41, 5.74) is 6.98. The summed E-state index contributed by atoms with van der Waals surface area (Å²) in [6.07, 6.45) is 3.30. The maximum atomic E-state index is 11.9. The van der Waals surface area contributed by atoms with Crippen molar-refractivity contribution in [1.29, 1.82) is 0 Å². The molecule has 1 aliphatic rings. The number of fused-ring (bicyclic) bond motifs is 1. The van der Waals surface area contributed by atoms with Gasteiger partial charge in [-0.3, -0.25) is 4.79 Å². The smallest absolute Gasteiger partial charge is 0.243 e. The van der Waals surface area contributed by atoms with Crippen LogP contribution in [0.25, 0.3) is 0 Å². The third-order valence-corrected chi connectivity index (χ3v) is 4.47. The Balaban J connectivity index is 2.05. The number of aryl methyl sites for hydroxylation is 1. The van der Waals surface area contributed by atoms with Crippen LogP contribution in [-0.4, -0.2) is 16.9 Å². The quantitative estimate of drug-likeness (QED) is 0.882. The zero-order valence-electron chi connectivity index (χ0n) is 11.2. The minimum atomic E-state index is -0.468. The van der Waals surface area contributed by atoms with Crippen molar-refractivity contribution in [2.24, 2.45) is 17.6 Å². The summed E-state index contributed by atoms with van der Waals surface area (Å²) in [5, 5.41) is 3.54. The fraction of sp³-hybridized carbons (Fsp3) is 0.692. The summed E-state index contributed by atoms with van der Waals surface area (Å²) in [4.78, 5) is 17.7. The number of nitrogens with two attached hydrogens (primary N) is 1. The lowest BCUT2D eigenvalue weighted by atomic mass is 9.93. The molecule has 0 aromatic carbocycles. The fourth-order valence-electron chi connectivity index (χ4n) is 2.08. The maximum Gasteiger partial charge on any atom is 0.243 e. The van der Waals surface area contributed by atoms with Crippen molar-refractivity contribution in [2.45, 2.75) is 46.1 Å². The van der Waals surface area contributed by atoms with Crippen molar-refractivity contribution < 1.29 is 4.79 Å². The molecule has 2 unspecified atom stereocenters. The topological polar surface area (TPSA) is 68.0 Å². The van der Waals surface area contributed by atoms with E-state index >= 15 is 0 Å². The molecule has 18 heavy (non-hydrogen) atoms. The molecule has 1 amide bonds. The Morgan fingerprint density at radius 1 is 1.56 bits per heavy atom. The van der Waals surface area contributed by atoms with E-state index in [1.807, 2.05) is 13.8 Å². The van der Waals surface area contributed by atoms with Crippen molar-refractivity contribution in [1.82, 2.24) is 4.98 Å². The van der Waals surface area contributed by atoms with Crippen LogP contribution < -0.4 is 11.1 Å². The number of aromatic nitrogens is 1. The van der Waals surface area contributed by atoms with Crippen LogP contribution in [0.1, 0.15) is 37.8 Å². The molecule has 1 heterocycles. The molecule has 2 rings (SSSR count). The summed E-state index contributed by atoms with van der Waals surface area (Å²) >= 11 is 1.60. The van der Waals surface area contributed by atoms with E-state index < -0.39 is 6.04 Å². The molecule has 0 bridgehead atoms. The van der Waals surface area contributed by atoms with Gasteiger partial charge in [0.25, 0.3) is 0 Å². The molecule has 1 aromatic rings. The molecule has 0 aliphatic heterocycles. The largest absolute Gasteiger partial charge is 0.320 e. The van der Waals surface area contributed by atoms with Crippen LogP contribution in [0.3, 0.4) is 0 Å². The lowest BCUT2D eigenvalue weighted by Crippen LogP contribution is -2.39. The lowest BCUT2D eigenvalue weighted by molar-refractivity contribution is -0.118. The van der Waals surface area contributed by atoms with Crippen molar-refractivity contribution in [3.63, 3.8) is 0 Å². The van der Waals surface area contributed by atoms with Crippen LogP contribution in [-0.2, 0) is 17.6 Å². The van der Waals surface area contributed by atoms with Crippen molar-refractivity contribution in [2.75, 3.05) is 5.32 Å². The average Bonchev–Trinajstić information content (AvgIpc) is 2.68. The predicted octanol–water partition coefficient (Wildman–Crippen LogP) is 2.19. The van der Waals surface area contributed by atoms with Crippen LogP contribution in [0.2, 0.25) is 0 Å². The van der Waals surface area contributed by atoms with Crippen molar-refractivity contribution in [3.8, 4) is 0 Å². The number of amides is 1. The summed E-state index contributed by atoms with van der Waals surface area (Å²) in [6.45, 7) is 6.15. The second kappa shape index (κ2) is 5.36. The van der Waals surface area contributed by atoms with Crippen LogP contribution in [0, 0.1) is 11.8 Å². The van der Waals surface area contributed by atoms with Crippen LogP contribution >= 0.6 is 11.3 Å². The molecular formula is C13H21N3OS. The van der Waals surface area contributed by atoms with Crippen molar-refractivity contribution >= 4 is 22.4 Å². The van der Waals surface area contributed by atoms with Gasteiger partial charge in [-0.2, -0.15) is 0 Å². The summed E-state index contributed by atoms with van der Waals surface area (Å²) in [6, 6.07) is -0.468. The molecule has 0 fully saturated rings. The number of nitrogens with zero attached hydrogens (tertiary/aromatic N) is 1. The molecule has 3 N–H and O–H groups in total. The van der Waals surface area contributed by atoms with Crippen LogP contribution in [0.4, 0.5) is 5.13 Å². The number of hydrogen-bond donors (Lipinski definition) is 2. The van der Waals surface area contributed by atoms with Gasteiger partial charge in [-0.1, -0.05) is 20.8 Å². The van der Waals surface area contributed by atoms with Gasteiger partial charge in [-0.15, -0.1) is 11.3 Å². The zero-order valence-corrected chi connectivity index (χ0v) is 12.0. The molecule has 0 spiro atoms. The molecule has 2 atom stereocenters. The van der Waals surface area contributed by atoms with E-state index in [0.717, 1.165) is 24.5 Å². The normalized spacial score (nSPS) is 20.6. The van der Waals surface area contributed by atoms with E-state index in [1.165, 1.54) is 11.3 Å². The predicted molar refractivity (Wildman–Crippen MR) is 74.7 cm³/mol. The SMILES string of the molecule is CC1CCc2nc(NC(=O)C(N)C(C)C)sc2C1. The molecule has 1 aliphatic carbocycles. The first-order chi connectivity index (χ1) is 8.47. The third-order valence-electron chi connectivity index (χ3n) is 3.44. The zero-order chi connectivity index (χ0) is 13.3. The van der Waals surface area contributed by atoms with E-state index in [-0.39, 0.29) is 11.8 Å². The molecule has 100 valence electrons. The number of thiazole rings is 1. The van der Waals surface area contributed by atoms with Gasteiger partial charge in [0.05, 0.1) is 11.7 Å². The number of hydrogen-bond acceptors (Lipinski definition) is 4. The molecule has 0 radical (unpaired) electrons. The summed E-state index contributed by atoms with van der Waals surface area (Å²) in [7, 11) is 0. The Bertz CT molecular complexity index is 441. The monoisotopic (exact) mass is 267 g/mol. The highest BCUT2D eigenvalue weighted by molar-refractivity contribution is 7.15. The minimum absolute atomic E-state index is 0.135. The van der Waals surface area contributed by atoms with Gasteiger partial charge in [-0.25, -0.2) is 4.98 Å². The van der Waals surface area contributed by atoms with Gasteiger partial charge < -0.3 is 11.1 Å². The maximum absolute atomic E-state index is 11.9. The Kier molecular flexibility index (Phi) is 4.02. The Morgan fingerprint density at radius 3 is 2.94 bits per heavy atom. The Labute approximate surface area is 112 Å². The fourth-order valence-corrected chi connectivity index (χ4v) is 3.26.